The third-order valence-corrected chi connectivity index (χ3v) is 10.3. The number of ether oxygens (including phenoxy) is 1. The van der Waals surface area contributed by atoms with Crippen LogP contribution < -0.4 is 16.0 Å². The van der Waals surface area contributed by atoms with Gasteiger partial charge in [-0.25, -0.2) is 26.4 Å². The molecular weight excluding hydrogens is 615 g/mol. The summed E-state index contributed by atoms with van der Waals surface area (Å²) in [7, 11) is -4.10. The number of hydrogen-bond donors (Lipinski definition) is 4. The number of rotatable bonds is 8. The summed E-state index contributed by atoms with van der Waals surface area (Å²) in [5.74, 6) is -7.08. The van der Waals surface area contributed by atoms with Crippen molar-refractivity contribution in [2.45, 2.75) is 61.4 Å². The molecule has 3 aliphatic rings. The van der Waals surface area contributed by atoms with Gasteiger partial charge in [-0.1, -0.05) is 11.6 Å². The van der Waals surface area contributed by atoms with Gasteiger partial charge < -0.3 is 25.8 Å². The Morgan fingerprint density at radius 1 is 1.02 bits per heavy atom. The van der Waals surface area contributed by atoms with E-state index in [4.69, 9.17) is 16.3 Å². The number of carbonyl (C=O) groups is 3. The minimum atomic E-state index is -4.10. The molecule has 2 unspecified atom stereocenters. The standard InChI is InChI=1S/C28H31ClF3N3O7S/c1-27(2,3)42-26(38)33-12-23(36)34-13-28(39)15-7-16(28)9-18(8-15)43(40,41)22-6-14(4-5-19(22)29)25(37)35-17-10-20(30)24(32)21(31)11-17/h4-6,10-11,15-16,18,39H,7-9,12-13H2,1-3H3,(H,33,38)(H,34,36)(H,35,37). The lowest BCUT2D eigenvalue weighted by Gasteiger charge is -2.58. The van der Waals surface area contributed by atoms with E-state index in [0.29, 0.717) is 18.6 Å². The van der Waals surface area contributed by atoms with E-state index in [2.05, 4.69) is 16.0 Å². The second-order valence-electron chi connectivity index (χ2n) is 11.7. The summed E-state index contributed by atoms with van der Waals surface area (Å²) < 4.78 is 72.6. The molecule has 43 heavy (non-hydrogen) atoms. The molecule has 2 aromatic carbocycles. The average molecular weight is 646 g/mol. The Morgan fingerprint density at radius 3 is 2.21 bits per heavy atom. The number of fused-ring (bicyclic) bond motifs is 2. The fraction of sp³-hybridized carbons (Fsp3) is 0.464. The maximum absolute atomic E-state index is 13.6. The van der Waals surface area contributed by atoms with Gasteiger partial charge in [-0.05, 0) is 70.1 Å². The fourth-order valence-electron chi connectivity index (χ4n) is 5.44. The normalized spacial score (nSPS) is 23.1. The summed E-state index contributed by atoms with van der Waals surface area (Å²) in [5.41, 5.74) is -2.62. The molecule has 0 radical (unpaired) electrons. The van der Waals surface area contributed by atoms with Crippen LogP contribution in [0, 0.1) is 29.3 Å². The number of amides is 3. The van der Waals surface area contributed by atoms with Crippen molar-refractivity contribution in [3.05, 3.63) is 58.4 Å². The summed E-state index contributed by atoms with van der Waals surface area (Å²) in [6.45, 7) is 4.52. The van der Waals surface area contributed by atoms with Crippen LogP contribution in [0.5, 0.6) is 0 Å². The molecule has 0 aromatic heterocycles. The lowest BCUT2D eigenvalue weighted by atomic mass is 9.53. The van der Waals surface area contributed by atoms with Gasteiger partial charge in [0.2, 0.25) is 5.91 Å². The molecule has 0 spiro atoms. The van der Waals surface area contributed by atoms with Gasteiger partial charge in [0.05, 0.1) is 27.3 Å². The fourth-order valence-corrected chi connectivity index (χ4v) is 7.84. The number of halogens is 4. The largest absolute Gasteiger partial charge is 0.444 e. The van der Waals surface area contributed by atoms with E-state index in [0.717, 1.165) is 6.07 Å². The van der Waals surface area contributed by atoms with Crippen LogP contribution in [0.4, 0.5) is 23.7 Å². The molecule has 2 atom stereocenters. The van der Waals surface area contributed by atoms with Crippen LogP contribution in [0.2, 0.25) is 5.02 Å². The molecule has 0 saturated heterocycles. The maximum Gasteiger partial charge on any atom is 0.408 e. The third-order valence-electron chi connectivity index (χ3n) is 7.62. The van der Waals surface area contributed by atoms with Crippen molar-refractivity contribution in [1.29, 1.82) is 0 Å². The van der Waals surface area contributed by atoms with Crippen molar-refractivity contribution in [1.82, 2.24) is 10.6 Å². The molecule has 15 heteroatoms. The van der Waals surface area contributed by atoms with Crippen LogP contribution in [-0.4, -0.2) is 61.0 Å². The number of anilines is 1. The predicted molar refractivity (Wildman–Crippen MR) is 150 cm³/mol. The number of alkyl carbamates (subject to hydrolysis) is 1. The summed E-state index contributed by atoms with van der Waals surface area (Å²) in [4.78, 5) is 36.4. The molecule has 10 nitrogen and oxygen atoms in total. The van der Waals surface area contributed by atoms with Gasteiger partial charge in [-0.2, -0.15) is 0 Å². The molecule has 4 N–H and O–H groups in total. The first kappa shape index (κ1) is 32.6. The highest BCUT2D eigenvalue weighted by molar-refractivity contribution is 7.92. The minimum absolute atomic E-state index is 0.0717. The monoisotopic (exact) mass is 645 g/mol. The number of aliphatic hydroxyl groups is 1. The van der Waals surface area contributed by atoms with E-state index in [1.165, 1.54) is 12.1 Å². The lowest BCUT2D eigenvalue weighted by molar-refractivity contribution is -0.174. The van der Waals surface area contributed by atoms with Crippen molar-refractivity contribution in [3.63, 3.8) is 0 Å². The molecule has 3 aliphatic carbocycles. The first-order chi connectivity index (χ1) is 19.9. The summed E-state index contributed by atoms with van der Waals surface area (Å²) in [6.07, 6.45) is -0.0756. The number of nitrogens with one attached hydrogen (secondary N) is 3. The summed E-state index contributed by atoms with van der Waals surface area (Å²) >= 11 is 6.21. The quantitative estimate of drug-likeness (QED) is 0.317. The van der Waals surface area contributed by atoms with Gasteiger partial charge in [-0.3, -0.25) is 9.59 Å². The summed E-state index contributed by atoms with van der Waals surface area (Å²) in [5, 5.41) is 17.2. The van der Waals surface area contributed by atoms with Gasteiger partial charge in [-0.15, -0.1) is 0 Å². The van der Waals surface area contributed by atoms with Gasteiger partial charge in [0.25, 0.3) is 5.91 Å². The maximum atomic E-state index is 13.6. The Kier molecular flexibility index (Phi) is 9.06. The van der Waals surface area contributed by atoms with Crippen molar-refractivity contribution in [2.75, 3.05) is 18.4 Å². The first-order valence-electron chi connectivity index (χ1n) is 13.4. The molecule has 2 aromatic rings. The molecule has 3 amide bonds. The SMILES string of the molecule is CC(C)(C)OC(=O)NCC(=O)NCC1(O)C2CC1CC(S(=O)(=O)c1cc(C(=O)Nc3cc(F)c(F)c(F)c3)ccc1Cl)C2. The molecule has 5 rings (SSSR count). The Hall–Kier alpha value is -3.36. The number of carbonyl (C=O) groups excluding carboxylic acids is 3. The van der Waals surface area contributed by atoms with Crippen LogP contribution in [-0.2, 0) is 19.4 Å². The lowest BCUT2D eigenvalue weighted by Crippen LogP contribution is -2.66. The molecule has 0 aliphatic heterocycles. The van der Waals surface area contributed by atoms with Crippen molar-refractivity contribution in [2.24, 2.45) is 11.8 Å². The smallest absolute Gasteiger partial charge is 0.408 e. The van der Waals surface area contributed by atoms with E-state index >= 15 is 0 Å². The topological polar surface area (TPSA) is 151 Å². The third kappa shape index (κ3) is 7.07. The predicted octanol–water partition coefficient (Wildman–Crippen LogP) is 3.95. The van der Waals surface area contributed by atoms with Crippen LogP contribution in [0.15, 0.2) is 35.2 Å². The summed E-state index contributed by atoms with van der Waals surface area (Å²) in [6, 6.07) is 4.65. The van der Waals surface area contributed by atoms with E-state index < -0.39 is 73.5 Å². The number of hydrogen-bond acceptors (Lipinski definition) is 7. The number of benzene rings is 2. The van der Waals surface area contributed by atoms with Crippen LogP contribution in [0.1, 0.15) is 50.4 Å². The molecule has 234 valence electrons. The zero-order chi connectivity index (χ0) is 31.9. The highest BCUT2D eigenvalue weighted by Gasteiger charge is 2.60. The van der Waals surface area contributed by atoms with E-state index in [1.807, 2.05) is 0 Å². The number of sulfone groups is 1. The zero-order valence-electron chi connectivity index (χ0n) is 23.5. The van der Waals surface area contributed by atoms with E-state index in [-0.39, 0.29) is 47.1 Å². The van der Waals surface area contributed by atoms with Crippen LogP contribution in [0.25, 0.3) is 0 Å². The Bertz CT molecular complexity index is 1530. The average Bonchev–Trinajstić information content (AvgIpc) is 2.92. The van der Waals surface area contributed by atoms with Crippen LogP contribution in [0.3, 0.4) is 0 Å². The van der Waals surface area contributed by atoms with Gasteiger partial charge in [0.15, 0.2) is 27.3 Å². The van der Waals surface area contributed by atoms with Crippen molar-refractivity contribution in [3.8, 4) is 0 Å². The van der Waals surface area contributed by atoms with Crippen molar-refractivity contribution >= 4 is 45.0 Å². The van der Waals surface area contributed by atoms with Crippen molar-refractivity contribution < 1.29 is 45.8 Å². The second kappa shape index (κ2) is 12.0. The molecule has 2 bridgehead atoms. The van der Waals surface area contributed by atoms with Gasteiger partial charge >= 0.3 is 6.09 Å². The highest BCUT2D eigenvalue weighted by atomic mass is 35.5. The van der Waals surface area contributed by atoms with E-state index in [1.54, 1.807) is 20.8 Å². The molecule has 0 heterocycles. The molecule has 3 fully saturated rings. The Balaban J connectivity index is 1.39. The first-order valence-corrected chi connectivity index (χ1v) is 15.3. The molecular formula is C28H31ClF3N3O7S. The second-order valence-corrected chi connectivity index (χ2v) is 14.3. The van der Waals surface area contributed by atoms with Crippen LogP contribution >= 0.6 is 11.6 Å². The highest BCUT2D eigenvalue weighted by Crippen LogP contribution is 2.55. The Morgan fingerprint density at radius 2 is 1.63 bits per heavy atom. The Labute approximate surface area is 251 Å². The van der Waals surface area contributed by atoms with Gasteiger partial charge in [0, 0.05) is 29.9 Å². The van der Waals surface area contributed by atoms with Gasteiger partial charge in [0.1, 0.15) is 5.60 Å². The van der Waals surface area contributed by atoms with E-state index in [9.17, 15) is 41.1 Å². The minimum Gasteiger partial charge on any atom is -0.444 e. The molecule has 3 saturated carbocycles. The zero-order valence-corrected chi connectivity index (χ0v) is 25.0.